The molecule has 0 saturated carbocycles. The minimum absolute atomic E-state index is 0.463. The van der Waals surface area contributed by atoms with Gasteiger partial charge in [-0.2, -0.15) is 0 Å². The number of hydrogen-bond donors (Lipinski definition) is 0. The molecule has 0 amide bonds. The zero-order chi connectivity index (χ0) is 9.42. The van der Waals surface area contributed by atoms with E-state index in [9.17, 15) is 0 Å². The largest absolute Gasteiger partial charge is 0.127 e. The third kappa shape index (κ3) is 1.73. The average molecular weight is 296 g/mol. The second-order valence-corrected chi connectivity index (χ2v) is 5.72. The molecule has 2 rings (SSSR count). The minimum atomic E-state index is 0.463. The fourth-order valence-corrected chi connectivity index (χ4v) is 3.41. The fourth-order valence-electron chi connectivity index (χ4n) is 1.18. The van der Waals surface area contributed by atoms with Crippen LogP contribution < -0.4 is 0 Å². The summed E-state index contributed by atoms with van der Waals surface area (Å²) in [4.78, 5) is 0. The van der Waals surface area contributed by atoms with Gasteiger partial charge in [-0.1, -0.05) is 23.7 Å². The monoisotopic (exact) mass is 294 g/mol. The number of alkyl halides is 1. The van der Waals surface area contributed by atoms with Gasteiger partial charge in [0.05, 0.1) is 13.5 Å². The van der Waals surface area contributed by atoms with Crippen LogP contribution in [0.3, 0.4) is 0 Å². The Bertz CT molecular complexity index is 450. The van der Waals surface area contributed by atoms with Crippen molar-refractivity contribution < 1.29 is 0 Å². The first-order valence-electron chi connectivity index (χ1n) is 3.65. The Morgan fingerprint density at radius 2 is 2.15 bits per heavy atom. The number of rotatable bonds is 1. The number of thiophene rings is 1. The summed E-state index contributed by atoms with van der Waals surface area (Å²) in [6.45, 7) is 0. The van der Waals surface area contributed by atoms with Crippen LogP contribution in [-0.2, 0) is 5.88 Å². The first-order chi connectivity index (χ1) is 6.22. The highest BCUT2D eigenvalue weighted by atomic mass is 79.9. The van der Waals surface area contributed by atoms with Gasteiger partial charge in [0, 0.05) is 5.88 Å². The quantitative estimate of drug-likeness (QED) is 0.645. The van der Waals surface area contributed by atoms with E-state index in [0.29, 0.717) is 5.88 Å². The Morgan fingerprint density at radius 1 is 1.38 bits per heavy atom. The maximum Gasteiger partial charge on any atom is 0.0711 e. The van der Waals surface area contributed by atoms with Crippen molar-refractivity contribution in [2.75, 3.05) is 0 Å². The third-order valence-electron chi connectivity index (χ3n) is 1.82. The number of halogens is 3. The summed E-state index contributed by atoms with van der Waals surface area (Å²) in [7, 11) is 0. The number of hydrogen-bond acceptors (Lipinski definition) is 1. The second kappa shape index (κ2) is 3.77. The maximum absolute atomic E-state index is 6.16. The molecule has 1 aromatic carbocycles. The lowest BCUT2D eigenvalue weighted by Crippen LogP contribution is -1.78. The van der Waals surface area contributed by atoms with Gasteiger partial charge in [0.2, 0.25) is 0 Å². The van der Waals surface area contributed by atoms with Crippen LogP contribution >= 0.6 is 50.5 Å². The molecular weight excluding hydrogens is 291 g/mol. The van der Waals surface area contributed by atoms with Crippen molar-refractivity contribution in [3.8, 4) is 0 Å². The van der Waals surface area contributed by atoms with E-state index in [0.717, 1.165) is 24.5 Å². The van der Waals surface area contributed by atoms with Gasteiger partial charge in [-0.25, -0.2) is 0 Å². The smallest absolute Gasteiger partial charge is 0.0711 e. The molecule has 0 aliphatic rings. The van der Waals surface area contributed by atoms with Crippen LogP contribution in [-0.4, -0.2) is 0 Å². The van der Waals surface area contributed by atoms with Crippen molar-refractivity contribution in [1.29, 1.82) is 0 Å². The Balaban J connectivity index is 2.78. The lowest BCUT2D eigenvalue weighted by atomic mass is 10.2. The van der Waals surface area contributed by atoms with Crippen LogP contribution in [0.1, 0.15) is 5.56 Å². The van der Waals surface area contributed by atoms with E-state index >= 15 is 0 Å². The van der Waals surface area contributed by atoms with Crippen LogP contribution in [0.5, 0.6) is 0 Å². The first kappa shape index (κ1) is 9.78. The van der Waals surface area contributed by atoms with E-state index in [-0.39, 0.29) is 0 Å². The van der Waals surface area contributed by atoms with E-state index < -0.39 is 0 Å². The maximum atomic E-state index is 6.16. The van der Waals surface area contributed by atoms with Gasteiger partial charge < -0.3 is 0 Å². The molecule has 4 heteroatoms. The Morgan fingerprint density at radius 3 is 2.85 bits per heavy atom. The normalized spacial score (nSPS) is 11.0. The summed E-state index contributed by atoms with van der Waals surface area (Å²) in [5, 5.41) is 1.94. The molecule has 0 fully saturated rings. The van der Waals surface area contributed by atoms with Crippen LogP contribution in [0.2, 0.25) is 5.02 Å². The molecular formula is C9H5BrCl2S. The van der Waals surface area contributed by atoms with E-state index in [2.05, 4.69) is 22.0 Å². The predicted octanol–water partition coefficient (Wildman–Crippen LogP) is 5.06. The van der Waals surface area contributed by atoms with Crippen LogP contribution in [0.15, 0.2) is 22.0 Å². The average Bonchev–Trinajstić information content (AvgIpc) is 2.47. The molecule has 1 aromatic heterocycles. The fraction of sp³-hybridized carbons (Fsp3) is 0.111. The van der Waals surface area contributed by atoms with Crippen molar-refractivity contribution in [2.45, 2.75) is 5.88 Å². The SMILES string of the molecule is ClCc1ccc2cc(Br)sc2c1Cl. The molecule has 0 atom stereocenters. The first-order valence-corrected chi connectivity index (χ1v) is 6.17. The zero-order valence-electron chi connectivity index (χ0n) is 6.48. The molecule has 0 radical (unpaired) electrons. The summed E-state index contributed by atoms with van der Waals surface area (Å²) in [6, 6.07) is 6.07. The van der Waals surface area contributed by atoms with Crippen LogP contribution in [0.4, 0.5) is 0 Å². The molecule has 68 valence electrons. The number of benzene rings is 1. The highest BCUT2D eigenvalue weighted by Crippen LogP contribution is 2.36. The highest BCUT2D eigenvalue weighted by Gasteiger charge is 2.07. The van der Waals surface area contributed by atoms with Gasteiger partial charge >= 0.3 is 0 Å². The molecule has 0 bridgehead atoms. The molecule has 0 N–H and O–H groups in total. The topological polar surface area (TPSA) is 0 Å². The van der Waals surface area contributed by atoms with E-state index in [1.807, 2.05) is 12.1 Å². The standard InChI is InChI=1S/C9H5BrCl2S/c10-7-3-5-1-2-6(4-11)8(12)9(5)13-7/h1-3H,4H2. The summed E-state index contributed by atoms with van der Waals surface area (Å²) in [5.74, 6) is 0.463. The Kier molecular flexibility index (Phi) is 2.84. The highest BCUT2D eigenvalue weighted by molar-refractivity contribution is 9.11. The second-order valence-electron chi connectivity index (χ2n) is 2.64. The lowest BCUT2D eigenvalue weighted by Gasteiger charge is -1.99. The van der Waals surface area contributed by atoms with Gasteiger partial charge in [0.1, 0.15) is 0 Å². The van der Waals surface area contributed by atoms with E-state index in [4.69, 9.17) is 23.2 Å². The third-order valence-corrected chi connectivity index (χ3v) is 4.32. The molecule has 13 heavy (non-hydrogen) atoms. The molecule has 0 spiro atoms. The molecule has 0 aliphatic heterocycles. The summed E-state index contributed by atoms with van der Waals surface area (Å²) in [6.07, 6.45) is 0. The molecule has 2 aromatic rings. The van der Waals surface area contributed by atoms with Crippen molar-refractivity contribution in [3.63, 3.8) is 0 Å². The van der Waals surface area contributed by atoms with Gasteiger partial charge in [0.25, 0.3) is 0 Å². The van der Waals surface area contributed by atoms with E-state index in [1.165, 1.54) is 0 Å². The Labute approximate surface area is 98.6 Å². The van der Waals surface area contributed by atoms with Crippen molar-refractivity contribution in [2.24, 2.45) is 0 Å². The van der Waals surface area contributed by atoms with Gasteiger partial charge in [-0.15, -0.1) is 22.9 Å². The minimum Gasteiger partial charge on any atom is -0.127 e. The molecule has 1 heterocycles. The van der Waals surface area contributed by atoms with Crippen LogP contribution in [0, 0.1) is 0 Å². The van der Waals surface area contributed by atoms with Gasteiger partial charge in [0.15, 0.2) is 0 Å². The lowest BCUT2D eigenvalue weighted by molar-refractivity contribution is 1.43. The van der Waals surface area contributed by atoms with Gasteiger partial charge in [-0.05, 0) is 32.9 Å². The Hall–Kier alpha value is 0.240. The number of fused-ring (bicyclic) bond motifs is 1. The van der Waals surface area contributed by atoms with Crippen molar-refractivity contribution in [3.05, 3.63) is 32.6 Å². The van der Waals surface area contributed by atoms with Crippen molar-refractivity contribution in [1.82, 2.24) is 0 Å². The van der Waals surface area contributed by atoms with Crippen molar-refractivity contribution >= 4 is 60.6 Å². The predicted molar refractivity (Wildman–Crippen MR) is 64.1 cm³/mol. The molecule has 0 saturated heterocycles. The summed E-state index contributed by atoms with van der Waals surface area (Å²) in [5.41, 5.74) is 0.991. The molecule has 0 aliphatic carbocycles. The van der Waals surface area contributed by atoms with E-state index in [1.54, 1.807) is 11.3 Å². The molecule has 0 unspecified atom stereocenters. The van der Waals surface area contributed by atoms with Crippen LogP contribution in [0.25, 0.3) is 10.1 Å². The zero-order valence-corrected chi connectivity index (χ0v) is 10.4. The summed E-state index contributed by atoms with van der Waals surface area (Å²) < 4.78 is 2.20. The molecule has 0 nitrogen and oxygen atoms in total. The van der Waals surface area contributed by atoms with Gasteiger partial charge in [-0.3, -0.25) is 0 Å². The summed E-state index contributed by atoms with van der Waals surface area (Å²) >= 11 is 17.0.